The Kier molecular flexibility index (Phi) is 8.07. The second-order valence-corrected chi connectivity index (χ2v) is 4.80. The third kappa shape index (κ3) is 5.02. The number of unbranched alkanes of at least 4 members (excludes halogenated alkanes) is 1. The number of halogens is 1. The first kappa shape index (κ1) is 13.4. The fraction of sp³-hybridized carbons (Fsp3) is 1.00. The minimum Gasteiger partial charge on any atom is -0.300 e. The van der Waals surface area contributed by atoms with Gasteiger partial charge in [0.1, 0.15) is 0 Å². The maximum absolute atomic E-state index is 3.78. The van der Waals surface area contributed by atoms with E-state index in [9.17, 15) is 0 Å². The maximum Gasteiger partial charge on any atom is 0.0298 e. The van der Waals surface area contributed by atoms with Crippen molar-refractivity contribution >= 4 is 15.9 Å². The molecule has 2 atom stereocenters. The minimum absolute atomic E-state index is 0.660. The third-order valence-electron chi connectivity index (χ3n) is 2.75. The van der Waals surface area contributed by atoms with Gasteiger partial charge in [-0.25, -0.2) is 0 Å². The zero-order valence-corrected chi connectivity index (χ0v) is 11.1. The molecule has 13 heavy (non-hydrogen) atoms. The van der Waals surface area contributed by atoms with E-state index in [-0.39, 0.29) is 0 Å². The van der Waals surface area contributed by atoms with Gasteiger partial charge in [0.05, 0.1) is 0 Å². The zero-order valence-electron chi connectivity index (χ0n) is 9.52. The van der Waals surface area contributed by atoms with E-state index in [1.54, 1.807) is 0 Å². The highest BCUT2D eigenvalue weighted by Gasteiger charge is 2.17. The lowest BCUT2D eigenvalue weighted by molar-refractivity contribution is 0.224. The molecule has 2 unspecified atom stereocenters. The zero-order chi connectivity index (χ0) is 10.3. The van der Waals surface area contributed by atoms with Crippen LogP contribution < -0.4 is 0 Å². The standard InChI is InChI=1S/C11H24BrN/c1-5-8-9-11(12)10(4)13(6-2)7-3/h10-11H,5-9H2,1-4H3. The molecule has 0 saturated carbocycles. The molecule has 1 nitrogen and oxygen atoms in total. The molecule has 0 rings (SSSR count). The SMILES string of the molecule is CCCCC(Br)C(C)N(CC)CC. The van der Waals surface area contributed by atoms with E-state index in [1.165, 1.54) is 19.3 Å². The predicted molar refractivity (Wildman–Crippen MR) is 64.6 cm³/mol. The average molecular weight is 250 g/mol. The molecule has 2 heteroatoms. The molecule has 80 valence electrons. The van der Waals surface area contributed by atoms with Crippen LogP contribution in [0.3, 0.4) is 0 Å². The number of nitrogens with zero attached hydrogens (tertiary/aromatic N) is 1. The van der Waals surface area contributed by atoms with Crippen molar-refractivity contribution < 1.29 is 0 Å². The molecule has 0 bridgehead atoms. The van der Waals surface area contributed by atoms with Gasteiger partial charge in [0.2, 0.25) is 0 Å². The summed E-state index contributed by atoms with van der Waals surface area (Å²) in [5.74, 6) is 0. The molecular weight excluding hydrogens is 226 g/mol. The molecule has 0 saturated heterocycles. The van der Waals surface area contributed by atoms with Gasteiger partial charge in [0, 0.05) is 10.9 Å². The minimum atomic E-state index is 0.660. The van der Waals surface area contributed by atoms with Crippen LogP contribution in [0.1, 0.15) is 47.0 Å². The Balaban J connectivity index is 3.83. The van der Waals surface area contributed by atoms with Crippen LogP contribution in [0, 0.1) is 0 Å². The van der Waals surface area contributed by atoms with Crippen LogP contribution in [0.25, 0.3) is 0 Å². The van der Waals surface area contributed by atoms with Gasteiger partial charge in [-0.3, -0.25) is 0 Å². The predicted octanol–water partition coefficient (Wildman–Crippen LogP) is 3.67. The van der Waals surface area contributed by atoms with Crippen molar-refractivity contribution in [2.24, 2.45) is 0 Å². The number of rotatable bonds is 7. The molecule has 0 aliphatic heterocycles. The highest BCUT2D eigenvalue weighted by Crippen LogP contribution is 2.18. The quantitative estimate of drug-likeness (QED) is 0.623. The Labute approximate surface area is 92.0 Å². The van der Waals surface area contributed by atoms with Crippen LogP contribution in [0.5, 0.6) is 0 Å². The number of hydrogen-bond acceptors (Lipinski definition) is 1. The first-order valence-electron chi connectivity index (χ1n) is 5.55. The summed E-state index contributed by atoms with van der Waals surface area (Å²) < 4.78 is 0. The highest BCUT2D eigenvalue weighted by molar-refractivity contribution is 9.09. The molecule has 0 fully saturated rings. The van der Waals surface area contributed by atoms with Gasteiger partial charge in [0.25, 0.3) is 0 Å². The van der Waals surface area contributed by atoms with Crippen LogP contribution in [0.4, 0.5) is 0 Å². The molecule has 0 amide bonds. The second-order valence-electron chi connectivity index (χ2n) is 3.62. The van der Waals surface area contributed by atoms with Crippen molar-refractivity contribution in [1.82, 2.24) is 4.90 Å². The highest BCUT2D eigenvalue weighted by atomic mass is 79.9. The third-order valence-corrected chi connectivity index (χ3v) is 3.97. The summed E-state index contributed by atoms with van der Waals surface area (Å²) in [5, 5.41) is 0. The maximum atomic E-state index is 3.78. The van der Waals surface area contributed by atoms with Crippen LogP contribution >= 0.6 is 15.9 Å². The monoisotopic (exact) mass is 249 g/mol. The first-order chi connectivity index (χ1) is 6.17. The van der Waals surface area contributed by atoms with Crippen LogP contribution in [0.2, 0.25) is 0 Å². The van der Waals surface area contributed by atoms with Gasteiger partial charge in [-0.15, -0.1) is 0 Å². The van der Waals surface area contributed by atoms with Crippen molar-refractivity contribution in [1.29, 1.82) is 0 Å². The van der Waals surface area contributed by atoms with E-state index < -0.39 is 0 Å². The number of hydrogen-bond donors (Lipinski definition) is 0. The largest absolute Gasteiger partial charge is 0.300 e. The molecule has 0 aromatic carbocycles. The lowest BCUT2D eigenvalue weighted by Gasteiger charge is -2.30. The summed E-state index contributed by atoms with van der Waals surface area (Å²) in [4.78, 5) is 3.17. The van der Waals surface area contributed by atoms with E-state index in [0.717, 1.165) is 13.1 Å². The second kappa shape index (κ2) is 7.81. The van der Waals surface area contributed by atoms with E-state index in [2.05, 4.69) is 48.5 Å². The summed E-state index contributed by atoms with van der Waals surface area (Å²) in [6, 6.07) is 0.668. The van der Waals surface area contributed by atoms with Crippen molar-refractivity contribution in [3.8, 4) is 0 Å². The van der Waals surface area contributed by atoms with Crippen LogP contribution in [0.15, 0.2) is 0 Å². The fourth-order valence-corrected chi connectivity index (χ4v) is 2.33. The van der Waals surface area contributed by atoms with Gasteiger partial charge in [-0.1, -0.05) is 49.5 Å². The Bertz CT molecular complexity index is 113. The molecule has 0 aliphatic carbocycles. The van der Waals surface area contributed by atoms with Crippen molar-refractivity contribution in [2.45, 2.75) is 57.8 Å². The van der Waals surface area contributed by atoms with Crippen molar-refractivity contribution in [2.75, 3.05) is 13.1 Å². The van der Waals surface area contributed by atoms with Gasteiger partial charge < -0.3 is 4.90 Å². The van der Waals surface area contributed by atoms with E-state index >= 15 is 0 Å². The van der Waals surface area contributed by atoms with Gasteiger partial charge >= 0.3 is 0 Å². The molecule has 0 radical (unpaired) electrons. The van der Waals surface area contributed by atoms with E-state index in [0.29, 0.717) is 10.9 Å². The molecule has 0 aromatic heterocycles. The summed E-state index contributed by atoms with van der Waals surface area (Å²) in [6.45, 7) is 11.4. The van der Waals surface area contributed by atoms with E-state index in [4.69, 9.17) is 0 Å². The Morgan fingerprint density at radius 2 is 1.69 bits per heavy atom. The Hall–Kier alpha value is 0.440. The summed E-state index contributed by atoms with van der Waals surface area (Å²) in [6.07, 6.45) is 3.93. The van der Waals surface area contributed by atoms with Gasteiger partial charge in [-0.2, -0.15) is 0 Å². The smallest absolute Gasteiger partial charge is 0.0298 e. The molecule has 0 aliphatic rings. The lowest BCUT2D eigenvalue weighted by Crippen LogP contribution is -2.38. The molecule has 0 N–H and O–H groups in total. The molecular formula is C11H24BrN. The fourth-order valence-electron chi connectivity index (χ4n) is 1.67. The molecule has 0 heterocycles. The lowest BCUT2D eigenvalue weighted by atomic mass is 10.1. The summed E-state index contributed by atoms with van der Waals surface area (Å²) in [5.41, 5.74) is 0. The average Bonchev–Trinajstić information content (AvgIpc) is 2.15. The number of alkyl halides is 1. The topological polar surface area (TPSA) is 3.24 Å². The summed E-state index contributed by atoms with van der Waals surface area (Å²) in [7, 11) is 0. The van der Waals surface area contributed by atoms with Crippen molar-refractivity contribution in [3.63, 3.8) is 0 Å². The molecule has 0 spiro atoms. The van der Waals surface area contributed by atoms with Gasteiger partial charge in [-0.05, 0) is 26.4 Å². The first-order valence-corrected chi connectivity index (χ1v) is 6.46. The normalized spacial score (nSPS) is 16.2. The summed E-state index contributed by atoms with van der Waals surface area (Å²) >= 11 is 3.78. The Morgan fingerprint density at radius 3 is 2.08 bits per heavy atom. The van der Waals surface area contributed by atoms with Gasteiger partial charge in [0.15, 0.2) is 0 Å². The van der Waals surface area contributed by atoms with Crippen molar-refractivity contribution in [3.05, 3.63) is 0 Å². The molecule has 0 aromatic rings. The Morgan fingerprint density at radius 1 is 1.15 bits per heavy atom. The van der Waals surface area contributed by atoms with Crippen LogP contribution in [-0.2, 0) is 0 Å². The van der Waals surface area contributed by atoms with E-state index in [1.807, 2.05) is 0 Å². The van der Waals surface area contributed by atoms with Crippen LogP contribution in [-0.4, -0.2) is 28.9 Å².